The van der Waals surface area contributed by atoms with Crippen molar-refractivity contribution >= 4 is 63.2 Å². The minimum atomic E-state index is -4.57. The van der Waals surface area contributed by atoms with Crippen LogP contribution in [0.2, 0.25) is 5.02 Å². The van der Waals surface area contributed by atoms with Gasteiger partial charge in [-0.05, 0) is 91.3 Å². The van der Waals surface area contributed by atoms with Crippen LogP contribution in [0.1, 0.15) is 60.8 Å². The number of carbonyl (C=O) groups excluding carboxylic acids is 2. The number of carbonyl (C=O) groups is 2. The Morgan fingerprint density at radius 3 is 2.41 bits per heavy atom. The summed E-state index contributed by atoms with van der Waals surface area (Å²) in [7, 11) is -1.57. The van der Waals surface area contributed by atoms with Gasteiger partial charge in [-0.25, -0.2) is 9.19 Å². The van der Waals surface area contributed by atoms with Gasteiger partial charge in [-0.2, -0.15) is 18.2 Å². The number of aromatic nitrogens is 2. The molecule has 4 heterocycles. The molecule has 0 radical (unpaired) electrons. The van der Waals surface area contributed by atoms with Crippen LogP contribution in [-0.2, 0) is 33.3 Å². The Balaban J connectivity index is 0.913. The van der Waals surface area contributed by atoms with Gasteiger partial charge in [0.25, 0.3) is 0 Å². The van der Waals surface area contributed by atoms with E-state index >= 15 is 0 Å². The summed E-state index contributed by atoms with van der Waals surface area (Å²) in [5.41, 5.74) is 4.05. The predicted molar refractivity (Wildman–Crippen MR) is 213 cm³/mol. The van der Waals surface area contributed by atoms with Gasteiger partial charge >= 0.3 is 6.18 Å². The van der Waals surface area contributed by atoms with Gasteiger partial charge < -0.3 is 19.8 Å². The van der Waals surface area contributed by atoms with Crippen molar-refractivity contribution in [2.24, 2.45) is 5.92 Å². The second kappa shape index (κ2) is 16.8. The van der Waals surface area contributed by atoms with E-state index in [9.17, 15) is 27.0 Å². The lowest BCUT2D eigenvalue weighted by Gasteiger charge is -2.36. The molecule has 3 fully saturated rings. The first-order valence-electron chi connectivity index (χ1n) is 18.8. The summed E-state index contributed by atoms with van der Waals surface area (Å²) in [4.78, 5) is 39.1. The molecule has 4 aromatic rings. The van der Waals surface area contributed by atoms with E-state index in [4.69, 9.17) is 11.6 Å². The molecule has 3 aliphatic heterocycles. The maximum Gasteiger partial charge on any atom is 0.421 e. The van der Waals surface area contributed by atoms with E-state index in [1.165, 1.54) is 0 Å². The van der Waals surface area contributed by atoms with Crippen LogP contribution < -0.4 is 25.2 Å². The van der Waals surface area contributed by atoms with E-state index in [1.807, 2.05) is 56.3 Å². The fourth-order valence-electron chi connectivity index (χ4n) is 7.52. The fraction of sp³-hybridized carbons (Fsp3) is 0.400. The Kier molecular flexibility index (Phi) is 11.8. The summed E-state index contributed by atoms with van der Waals surface area (Å²) in [6.45, 7) is 8.95. The number of nitrogens with one attached hydrogen (secondary N) is 3. The molecule has 0 bridgehead atoms. The first-order valence-corrected chi connectivity index (χ1v) is 20.3. The highest BCUT2D eigenvalue weighted by Crippen LogP contribution is 2.38. The summed E-state index contributed by atoms with van der Waals surface area (Å²) in [5.74, 6) is -0.761. The van der Waals surface area contributed by atoms with Gasteiger partial charge in [-0.1, -0.05) is 36.7 Å². The second-order valence-electron chi connectivity index (χ2n) is 14.8. The number of rotatable bonds is 10. The van der Waals surface area contributed by atoms with Crippen molar-refractivity contribution in [2.45, 2.75) is 63.1 Å². The molecule has 11 nitrogen and oxygen atoms in total. The highest BCUT2D eigenvalue weighted by molar-refractivity contribution is 7.86. The van der Waals surface area contributed by atoms with Crippen molar-refractivity contribution in [1.29, 1.82) is 0 Å². The number of alkyl halides is 3. The molecule has 3 unspecified atom stereocenters. The quantitative estimate of drug-likeness (QED) is 0.141. The first-order chi connectivity index (χ1) is 26.8. The Morgan fingerprint density at radius 2 is 1.73 bits per heavy atom. The van der Waals surface area contributed by atoms with Crippen LogP contribution in [0.3, 0.4) is 0 Å². The molecule has 296 valence electrons. The van der Waals surface area contributed by atoms with E-state index in [0.717, 1.165) is 74.1 Å². The molecule has 3 aliphatic rings. The number of imide groups is 1. The van der Waals surface area contributed by atoms with Crippen molar-refractivity contribution in [3.63, 3.8) is 0 Å². The zero-order valence-corrected chi connectivity index (χ0v) is 32.7. The zero-order valence-electron chi connectivity index (χ0n) is 31.2. The van der Waals surface area contributed by atoms with Crippen LogP contribution in [0.15, 0.2) is 71.8 Å². The highest BCUT2D eigenvalue weighted by Gasteiger charge is 2.38. The monoisotopic (exact) mass is 808 g/mol. The topological polar surface area (TPSA) is 123 Å². The Hall–Kier alpha value is -4.73. The molecule has 3 aromatic carbocycles. The minimum absolute atomic E-state index is 0.0616. The minimum Gasteiger partial charge on any atom is -0.369 e. The number of hydrogen-bond donors (Lipinski definition) is 3. The van der Waals surface area contributed by atoms with Gasteiger partial charge in [0.1, 0.15) is 22.4 Å². The van der Waals surface area contributed by atoms with Gasteiger partial charge in [-0.3, -0.25) is 19.8 Å². The molecule has 56 heavy (non-hydrogen) atoms. The summed E-state index contributed by atoms with van der Waals surface area (Å²) in [6, 6.07) is 18.8. The highest BCUT2D eigenvalue weighted by atomic mass is 35.5. The van der Waals surface area contributed by atoms with Crippen LogP contribution in [0.5, 0.6) is 0 Å². The Labute approximate surface area is 331 Å². The third-order valence-electron chi connectivity index (χ3n) is 10.6. The molecule has 0 saturated carbocycles. The van der Waals surface area contributed by atoms with Gasteiger partial charge in [0.2, 0.25) is 17.8 Å². The molecule has 16 heteroatoms. The van der Waals surface area contributed by atoms with Crippen molar-refractivity contribution in [2.75, 3.05) is 59.1 Å². The number of hydrogen-bond acceptors (Lipinski definition) is 9. The summed E-state index contributed by atoms with van der Waals surface area (Å²) < 4.78 is 58.0. The molecular weight excluding hydrogens is 765 g/mol. The molecule has 0 aliphatic carbocycles. The van der Waals surface area contributed by atoms with Crippen molar-refractivity contribution in [3.05, 3.63) is 94.1 Å². The van der Waals surface area contributed by atoms with Crippen LogP contribution in [0.25, 0.3) is 0 Å². The van der Waals surface area contributed by atoms with Crippen molar-refractivity contribution in [1.82, 2.24) is 20.2 Å². The predicted octanol–water partition coefficient (Wildman–Crippen LogP) is 7.41. The van der Waals surface area contributed by atoms with E-state index in [2.05, 4.69) is 35.1 Å². The average Bonchev–Trinajstić information content (AvgIpc) is 3.16. The van der Waals surface area contributed by atoms with E-state index in [0.29, 0.717) is 47.2 Å². The molecule has 7 rings (SSSR count). The normalized spacial score (nSPS) is 20.1. The molecule has 0 spiro atoms. The number of aryl methyl sites for hydroxylation is 1. The molecule has 2 amide bonds. The van der Waals surface area contributed by atoms with Gasteiger partial charge in [0.05, 0.1) is 10.8 Å². The molecular formula is C40H44ClF3N8O3S. The standard InChI is InChI=1S/C40H44ClF3N8O3S/c1-25-4-3-15-52(23-25)37-33(40(42,43)44)22-45-39(48-37)46-35-13-10-30(20-26(35)2)56(55)49-28-7-5-27(6-8-28)24-50-16-18-51(19-17-50)29-9-11-31(34(41)21-29)32-12-14-36(53)47-38(32)54/h5-11,13,20-22,25,32,49H,3-4,12,14-19,23-24H2,1-2H3,(H,45,46,48)(H,47,53,54). The van der Waals surface area contributed by atoms with Gasteiger partial charge in [-0.15, -0.1) is 0 Å². The second-order valence-corrected chi connectivity index (χ2v) is 16.4. The number of benzene rings is 3. The van der Waals surface area contributed by atoms with Crippen LogP contribution in [0, 0.1) is 12.8 Å². The number of piperidine rings is 2. The smallest absolute Gasteiger partial charge is 0.369 e. The van der Waals surface area contributed by atoms with Gasteiger partial charge in [0, 0.05) is 80.5 Å². The van der Waals surface area contributed by atoms with Crippen LogP contribution in [0.4, 0.5) is 42.0 Å². The molecule has 3 saturated heterocycles. The SMILES string of the molecule is Cc1cc(S(=O)Nc2ccc(CN3CCN(c4ccc(C5CCC(=O)NC5=O)c(Cl)c4)CC3)cc2)ccc1Nc1ncc(C(F)(F)F)c(N2CCCC(C)C2)n1. The van der Waals surface area contributed by atoms with Crippen LogP contribution >= 0.6 is 11.6 Å². The largest absolute Gasteiger partial charge is 0.421 e. The van der Waals surface area contributed by atoms with Crippen molar-refractivity contribution in [3.8, 4) is 0 Å². The number of halogens is 4. The average molecular weight is 809 g/mol. The van der Waals surface area contributed by atoms with E-state index in [1.54, 1.807) is 23.1 Å². The zero-order chi connectivity index (χ0) is 39.6. The Morgan fingerprint density at radius 1 is 0.964 bits per heavy atom. The maximum absolute atomic E-state index is 13.9. The lowest BCUT2D eigenvalue weighted by atomic mass is 9.90. The van der Waals surface area contributed by atoms with E-state index in [-0.39, 0.29) is 29.5 Å². The number of piperazine rings is 1. The van der Waals surface area contributed by atoms with Crippen molar-refractivity contribution < 1.29 is 27.0 Å². The third kappa shape index (κ3) is 9.27. The third-order valence-corrected chi connectivity index (χ3v) is 12.0. The molecule has 1 aromatic heterocycles. The van der Waals surface area contributed by atoms with Gasteiger partial charge in [0.15, 0.2) is 0 Å². The summed E-state index contributed by atoms with van der Waals surface area (Å²) in [5, 5.41) is 5.99. The lowest BCUT2D eigenvalue weighted by molar-refractivity contribution is -0.138. The fourth-order valence-corrected chi connectivity index (χ4v) is 8.77. The number of amides is 2. The number of nitrogens with zero attached hydrogens (tertiary/aromatic N) is 5. The first kappa shape index (κ1) is 39.5. The number of anilines is 5. The van der Waals surface area contributed by atoms with E-state index < -0.39 is 28.6 Å². The Bertz CT molecular complexity index is 2110. The van der Waals surface area contributed by atoms with Crippen LogP contribution in [-0.4, -0.2) is 70.2 Å². The molecule has 3 atom stereocenters. The molecule has 3 N–H and O–H groups in total. The summed E-state index contributed by atoms with van der Waals surface area (Å²) in [6.07, 6.45) is -1.21. The maximum atomic E-state index is 13.9. The lowest BCUT2D eigenvalue weighted by Crippen LogP contribution is -2.46. The summed E-state index contributed by atoms with van der Waals surface area (Å²) >= 11 is 6.62.